The molecule has 114 valence electrons. The fraction of sp³-hybridized carbons (Fsp3) is 0.400. The Morgan fingerprint density at radius 1 is 1.36 bits per heavy atom. The maximum atomic E-state index is 12.7. The zero-order valence-corrected chi connectivity index (χ0v) is 12.7. The molecule has 7 heteroatoms. The number of hydrogen-bond acceptors (Lipinski definition) is 6. The number of likely N-dealkylation sites (tertiary alicyclic amines) is 1. The van der Waals surface area contributed by atoms with Gasteiger partial charge in [-0.1, -0.05) is 0 Å². The number of aromatic nitrogens is 4. The third-order valence-corrected chi connectivity index (χ3v) is 3.80. The van der Waals surface area contributed by atoms with Gasteiger partial charge in [-0.25, -0.2) is 9.97 Å². The summed E-state index contributed by atoms with van der Waals surface area (Å²) in [7, 11) is 1.83. The van der Waals surface area contributed by atoms with Gasteiger partial charge in [0, 0.05) is 19.7 Å². The molecule has 2 aromatic rings. The summed E-state index contributed by atoms with van der Waals surface area (Å²) in [6.07, 6.45) is 4.91. The van der Waals surface area contributed by atoms with Crippen LogP contribution in [0.4, 0.5) is 5.82 Å². The predicted octanol–water partition coefficient (Wildman–Crippen LogP) is 1.59. The molecule has 1 aliphatic heterocycles. The summed E-state index contributed by atoms with van der Waals surface area (Å²) in [4.78, 5) is 23.4. The molecule has 0 bridgehead atoms. The molecule has 3 heterocycles. The minimum atomic E-state index is -0.0281. The van der Waals surface area contributed by atoms with Crippen molar-refractivity contribution in [3.8, 4) is 0 Å². The summed E-state index contributed by atoms with van der Waals surface area (Å²) in [5.41, 5.74) is 1.44. The van der Waals surface area contributed by atoms with Crippen molar-refractivity contribution >= 4 is 11.7 Å². The first-order valence-electron chi connectivity index (χ1n) is 7.30. The number of anilines is 1. The number of nitrogens with one attached hydrogen (secondary N) is 1. The van der Waals surface area contributed by atoms with Crippen LogP contribution < -0.4 is 5.32 Å². The Labute approximate surface area is 128 Å². The first-order valence-corrected chi connectivity index (χ1v) is 7.30. The predicted molar refractivity (Wildman–Crippen MR) is 81.4 cm³/mol. The van der Waals surface area contributed by atoms with Gasteiger partial charge in [-0.05, 0) is 25.8 Å². The van der Waals surface area contributed by atoms with Gasteiger partial charge < -0.3 is 10.2 Å². The van der Waals surface area contributed by atoms with E-state index in [1.54, 1.807) is 6.07 Å². The molecule has 0 aromatic carbocycles. The van der Waals surface area contributed by atoms with Crippen molar-refractivity contribution in [1.29, 1.82) is 0 Å². The van der Waals surface area contributed by atoms with Gasteiger partial charge in [0.2, 0.25) is 0 Å². The summed E-state index contributed by atoms with van der Waals surface area (Å²) in [5.74, 6) is 1.44. The van der Waals surface area contributed by atoms with Gasteiger partial charge in [0.15, 0.2) is 0 Å². The first-order chi connectivity index (χ1) is 10.7. The average molecular weight is 298 g/mol. The van der Waals surface area contributed by atoms with Crippen molar-refractivity contribution in [2.45, 2.75) is 25.8 Å². The summed E-state index contributed by atoms with van der Waals surface area (Å²) in [5, 5.41) is 10.5. The molecule has 3 rings (SSSR count). The molecule has 2 aromatic heterocycles. The van der Waals surface area contributed by atoms with Crippen LogP contribution >= 0.6 is 0 Å². The Morgan fingerprint density at radius 3 is 2.95 bits per heavy atom. The molecule has 1 fully saturated rings. The molecule has 1 amide bonds. The van der Waals surface area contributed by atoms with Crippen molar-refractivity contribution in [2.75, 3.05) is 18.9 Å². The van der Waals surface area contributed by atoms with E-state index in [1.165, 1.54) is 12.4 Å². The zero-order chi connectivity index (χ0) is 15.5. The highest BCUT2D eigenvalue weighted by Gasteiger charge is 2.32. The third-order valence-electron chi connectivity index (χ3n) is 3.80. The van der Waals surface area contributed by atoms with Crippen molar-refractivity contribution in [1.82, 2.24) is 25.1 Å². The minimum Gasteiger partial charge on any atom is -0.373 e. The van der Waals surface area contributed by atoms with E-state index < -0.39 is 0 Å². The highest BCUT2D eigenvalue weighted by atomic mass is 16.2. The van der Waals surface area contributed by atoms with Crippen molar-refractivity contribution in [3.63, 3.8) is 0 Å². The first kappa shape index (κ1) is 14.4. The second-order valence-electron chi connectivity index (χ2n) is 5.26. The Hall–Kier alpha value is -2.57. The van der Waals surface area contributed by atoms with E-state index >= 15 is 0 Å². The second kappa shape index (κ2) is 6.05. The molecule has 1 atom stereocenters. The van der Waals surface area contributed by atoms with Crippen LogP contribution in [0.3, 0.4) is 0 Å². The van der Waals surface area contributed by atoms with Crippen LogP contribution in [0.25, 0.3) is 0 Å². The number of carbonyl (C=O) groups is 1. The van der Waals surface area contributed by atoms with Crippen molar-refractivity contribution in [2.24, 2.45) is 0 Å². The van der Waals surface area contributed by atoms with Crippen molar-refractivity contribution in [3.05, 3.63) is 41.6 Å². The molecule has 0 radical (unpaired) electrons. The molecule has 7 nitrogen and oxygen atoms in total. The van der Waals surface area contributed by atoms with Gasteiger partial charge in [-0.3, -0.25) is 4.79 Å². The molecule has 0 spiro atoms. The monoisotopic (exact) mass is 298 g/mol. The number of carbonyl (C=O) groups excluding carboxylic acids is 1. The Bertz CT molecular complexity index is 675. The quantitative estimate of drug-likeness (QED) is 0.926. The number of aryl methyl sites for hydroxylation is 1. The summed E-state index contributed by atoms with van der Waals surface area (Å²) >= 11 is 0. The molecule has 1 N–H and O–H groups in total. The molecular weight excluding hydrogens is 280 g/mol. The van der Waals surface area contributed by atoms with Crippen LogP contribution in [0.15, 0.2) is 24.5 Å². The van der Waals surface area contributed by atoms with Gasteiger partial charge in [0.05, 0.1) is 29.7 Å². The van der Waals surface area contributed by atoms with E-state index in [4.69, 9.17) is 0 Å². The maximum absolute atomic E-state index is 12.7. The SMILES string of the molecule is CNc1cc([C@H]2CCCN2C(=O)c2ccnnc2)nc(C)n1. The number of rotatable bonds is 3. The molecule has 0 aliphatic carbocycles. The van der Waals surface area contributed by atoms with Gasteiger partial charge in [-0.15, -0.1) is 0 Å². The second-order valence-corrected chi connectivity index (χ2v) is 5.26. The summed E-state index contributed by atoms with van der Waals surface area (Å²) in [6.45, 7) is 2.59. The zero-order valence-electron chi connectivity index (χ0n) is 12.7. The number of amides is 1. The highest BCUT2D eigenvalue weighted by Crippen LogP contribution is 2.32. The van der Waals surface area contributed by atoms with Crippen molar-refractivity contribution < 1.29 is 4.79 Å². The topological polar surface area (TPSA) is 83.9 Å². The Kier molecular flexibility index (Phi) is 3.95. The van der Waals surface area contributed by atoms with Gasteiger partial charge in [0.25, 0.3) is 5.91 Å². The minimum absolute atomic E-state index is 0.0190. The van der Waals surface area contributed by atoms with Crippen LogP contribution in [-0.2, 0) is 0 Å². The van der Waals surface area contributed by atoms with E-state index in [0.29, 0.717) is 11.4 Å². The highest BCUT2D eigenvalue weighted by molar-refractivity contribution is 5.94. The fourth-order valence-electron chi connectivity index (χ4n) is 2.79. The molecule has 0 unspecified atom stereocenters. The van der Waals surface area contributed by atoms with Crippen LogP contribution in [0, 0.1) is 6.92 Å². The van der Waals surface area contributed by atoms with Crippen LogP contribution in [0.2, 0.25) is 0 Å². The lowest BCUT2D eigenvalue weighted by Gasteiger charge is -2.24. The summed E-state index contributed by atoms with van der Waals surface area (Å²) < 4.78 is 0. The lowest BCUT2D eigenvalue weighted by Crippen LogP contribution is -2.31. The Balaban J connectivity index is 1.90. The van der Waals surface area contributed by atoms with Gasteiger partial charge >= 0.3 is 0 Å². The van der Waals surface area contributed by atoms with E-state index in [0.717, 1.165) is 30.9 Å². The van der Waals surface area contributed by atoms with Crippen LogP contribution in [-0.4, -0.2) is 44.6 Å². The standard InChI is InChI=1S/C15H18N6O/c1-10-19-12(8-14(16-2)20-10)13-4-3-7-21(13)15(22)11-5-6-17-18-9-11/h5-6,8-9,13H,3-4,7H2,1-2H3,(H,16,19,20)/t13-/m1/s1. The Morgan fingerprint density at radius 2 is 2.23 bits per heavy atom. The molecule has 22 heavy (non-hydrogen) atoms. The smallest absolute Gasteiger partial charge is 0.256 e. The largest absolute Gasteiger partial charge is 0.373 e. The average Bonchev–Trinajstić information content (AvgIpc) is 3.04. The van der Waals surface area contributed by atoms with Gasteiger partial charge in [0.1, 0.15) is 11.6 Å². The normalized spacial score (nSPS) is 17.5. The van der Waals surface area contributed by atoms with E-state index in [1.807, 2.05) is 24.9 Å². The fourth-order valence-corrected chi connectivity index (χ4v) is 2.79. The molecule has 1 aliphatic rings. The number of hydrogen-bond donors (Lipinski definition) is 1. The van der Waals surface area contributed by atoms with E-state index in [-0.39, 0.29) is 11.9 Å². The van der Waals surface area contributed by atoms with Gasteiger partial charge in [-0.2, -0.15) is 10.2 Å². The summed E-state index contributed by atoms with van der Waals surface area (Å²) in [6, 6.07) is 3.58. The lowest BCUT2D eigenvalue weighted by atomic mass is 10.1. The molecule has 0 saturated carbocycles. The van der Waals surface area contributed by atoms with Crippen LogP contribution in [0.1, 0.15) is 40.8 Å². The third kappa shape index (κ3) is 2.74. The maximum Gasteiger partial charge on any atom is 0.256 e. The van der Waals surface area contributed by atoms with E-state index in [9.17, 15) is 4.79 Å². The molecular formula is C15H18N6O. The number of nitrogens with zero attached hydrogens (tertiary/aromatic N) is 5. The van der Waals surface area contributed by atoms with E-state index in [2.05, 4.69) is 25.5 Å². The van der Waals surface area contributed by atoms with Crippen LogP contribution in [0.5, 0.6) is 0 Å². The molecule has 1 saturated heterocycles. The lowest BCUT2D eigenvalue weighted by molar-refractivity contribution is 0.0732.